The predicted octanol–water partition coefficient (Wildman–Crippen LogP) is 2.93. The fraction of sp³-hybridized carbons (Fsp3) is 0.333. The van der Waals surface area contributed by atoms with Gasteiger partial charge in [-0.2, -0.15) is 0 Å². The Morgan fingerprint density at radius 2 is 2.04 bits per heavy atom. The maximum absolute atomic E-state index is 13.4. The van der Waals surface area contributed by atoms with Gasteiger partial charge in [0.1, 0.15) is 24.2 Å². The van der Waals surface area contributed by atoms with Crippen molar-refractivity contribution in [3.8, 4) is 5.75 Å². The highest BCUT2D eigenvalue weighted by atomic mass is 19.1. The first-order valence-electron chi connectivity index (χ1n) is 7.75. The van der Waals surface area contributed by atoms with E-state index >= 15 is 0 Å². The number of hydrogen-bond acceptors (Lipinski definition) is 5. The van der Waals surface area contributed by atoms with Gasteiger partial charge in [-0.3, -0.25) is 4.79 Å². The smallest absolute Gasteiger partial charge is 0.329 e. The summed E-state index contributed by atoms with van der Waals surface area (Å²) in [6.07, 6.45) is 1.37. The van der Waals surface area contributed by atoms with Gasteiger partial charge in [-0.05, 0) is 36.2 Å². The monoisotopic (exact) mass is 349 g/mol. The minimum atomic E-state index is -0.864. The third kappa shape index (κ3) is 4.82. The van der Waals surface area contributed by atoms with Crippen molar-refractivity contribution in [2.45, 2.75) is 26.5 Å². The van der Waals surface area contributed by atoms with Crippen LogP contribution in [0.3, 0.4) is 0 Å². The summed E-state index contributed by atoms with van der Waals surface area (Å²) < 4.78 is 28.7. The SMILES string of the molecule is COc1ccc(F)cc1COC(=O)[C@@H](NC(=O)c1ccco1)C(C)C. The van der Waals surface area contributed by atoms with Gasteiger partial charge in [-0.1, -0.05) is 13.8 Å². The van der Waals surface area contributed by atoms with Gasteiger partial charge < -0.3 is 19.2 Å². The highest BCUT2D eigenvalue weighted by molar-refractivity contribution is 5.94. The molecule has 2 aromatic rings. The zero-order chi connectivity index (χ0) is 18.4. The summed E-state index contributed by atoms with van der Waals surface area (Å²) in [4.78, 5) is 24.4. The number of methoxy groups -OCH3 is 1. The molecule has 0 radical (unpaired) electrons. The van der Waals surface area contributed by atoms with Crippen LogP contribution in [0.2, 0.25) is 0 Å². The van der Waals surface area contributed by atoms with Crippen molar-refractivity contribution >= 4 is 11.9 Å². The number of amides is 1. The number of halogens is 1. The average molecular weight is 349 g/mol. The largest absolute Gasteiger partial charge is 0.496 e. The summed E-state index contributed by atoms with van der Waals surface area (Å²) in [5, 5.41) is 2.58. The molecule has 0 saturated heterocycles. The molecule has 1 N–H and O–H groups in total. The van der Waals surface area contributed by atoms with E-state index in [4.69, 9.17) is 13.9 Å². The van der Waals surface area contributed by atoms with E-state index in [2.05, 4.69) is 5.32 Å². The van der Waals surface area contributed by atoms with Crippen LogP contribution in [0.15, 0.2) is 41.0 Å². The molecule has 0 aliphatic heterocycles. The zero-order valence-electron chi connectivity index (χ0n) is 14.2. The van der Waals surface area contributed by atoms with Gasteiger partial charge in [0, 0.05) is 5.56 Å². The summed E-state index contributed by atoms with van der Waals surface area (Å²) in [5.41, 5.74) is 0.399. The molecular formula is C18H20FNO5. The van der Waals surface area contributed by atoms with E-state index in [-0.39, 0.29) is 18.3 Å². The molecule has 6 nitrogen and oxygen atoms in total. The van der Waals surface area contributed by atoms with Gasteiger partial charge >= 0.3 is 5.97 Å². The van der Waals surface area contributed by atoms with Crippen LogP contribution in [-0.4, -0.2) is 25.0 Å². The van der Waals surface area contributed by atoms with Crippen molar-refractivity contribution < 1.29 is 27.9 Å². The first-order chi connectivity index (χ1) is 11.9. The van der Waals surface area contributed by atoms with Gasteiger partial charge in [-0.15, -0.1) is 0 Å². The Kier molecular flexibility index (Phi) is 6.16. The van der Waals surface area contributed by atoms with Gasteiger partial charge in [-0.25, -0.2) is 9.18 Å². The Morgan fingerprint density at radius 1 is 1.28 bits per heavy atom. The zero-order valence-corrected chi connectivity index (χ0v) is 14.2. The standard InChI is InChI=1S/C18H20FNO5/c1-11(2)16(20-17(21)15-5-4-8-24-15)18(22)25-10-12-9-13(19)6-7-14(12)23-3/h4-9,11,16H,10H2,1-3H3,(H,20,21)/t16-/m0/s1. The van der Waals surface area contributed by atoms with Gasteiger partial charge in [0.05, 0.1) is 13.4 Å². The molecule has 2 rings (SSSR count). The first kappa shape index (κ1) is 18.5. The number of esters is 1. The van der Waals surface area contributed by atoms with Crippen LogP contribution in [0.1, 0.15) is 30.0 Å². The maximum atomic E-state index is 13.4. The molecule has 1 aromatic carbocycles. The van der Waals surface area contributed by atoms with Gasteiger partial charge in [0.15, 0.2) is 5.76 Å². The third-order valence-corrected chi connectivity index (χ3v) is 3.56. The Bertz CT molecular complexity index is 727. The molecule has 0 unspecified atom stereocenters. The summed E-state index contributed by atoms with van der Waals surface area (Å²) in [7, 11) is 1.44. The molecule has 7 heteroatoms. The van der Waals surface area contributed by atoms with Crippen LogP contribution in [0.25, 0.3) is 0 Å². The van der Waals surface area contributed by atoms with Crippen molar-refractivity contribution in [2.75, 3.05) is 7.11 Å². The first-order valence-corrected chi connectivity index (χ1v) is 7.75. The lowest BCUT2D eigenvalue weighted by Crippen LogP contribution is -2.45. The molecule has 0 fully saturated rings. The van der Waals surface area contributed by atoms with Crippen LogP contribution in [0, 0.1) is 11.7 Å². The number of furan rings is 1. The second kappa shape index (κ2) is 8.32. The average Bonchev–Trinajstić information content (AvgIpc) is 3.12. The van der Waals surface area contributed by atoms with E-state index in [9.17, 15) is 14.0 Å². The van der Waals surface area contributed by atoms with Crippen molar-refractivity contribution in [1.29, 1.82) is 0 Å². The van der Waals surface area contributed by atoms with E-state index in [0.717, 1.165) is 0 Å². The normalized spacial score (nSPS) is 11.9. The molecule has 0 aliphatic carbocycles. The van der Waals surface area contributed by atoms with Gasteiger partial charge in [0.2, 0.25) is 0 Å². The molecule has 134 valence electrons. The molecule has 0 spiro atoms. The quantitative estimate of drug-likeness (QED) is 0.778. The summed E-state index contributed by atoms with van der Waals surface area (Å²) >= 11 is 0. The summed E-state index contributed by atoms with van der Waals surface area (Å²) in [6, 6.07) is 6.15. The number of carbonyl (C=O) groups excluding carboxylic acids is 2. The molecule has 0 aliphatic rings. The maximum Gasteiger partial charge on any atom is 0.329 e. The van der Waals surface area contributed by atoms with Crippen LogP contribution >= 0.6 is 0 Å². The van der Waals surface area contributed by atoms with E-state index < -0.39 is 23.7 Å². The fourth-order valence-electron chi connectivity index (χ4n) is 2.22. The lowest BCUT2D eigenvalue weighted by atomic mass is 10.0. The number of ether oxygens (including phenoxy) is 2. The van der Waals surface area contributed by atoms with Crippen LogP contribution in [-0.2, 0) is 16.1 Å². The molecule has 1 atom stereocenters. The minimum Gasteiger partial charge on any atom is -0.496 e. The van der Waals surface area contributed by atoms with Crippen LogP contribution in [0.5, 0.6) is 5.75 Å². The summed E-state index contributed by atoms with van der Waals surface area (Å²) in [6.45, 7) is 3.38. The number of hydrogen-bond donors (Lipinski definition) is 1. The second-order valence-corrected chi connectivity index (χ2v) is 5.74. The molecule has 1 aromatic heterocycles. The Balaban J connectivity index is 2.03. The van der Waals surface area contributed by atoms with Crippen molar-refractivity contribution in [2.24, 2.45) is 5.92 Å². The molecular weight excluding hydrogens is 329 g/mol. The lowest BCUT2D eigenvalue weighted by Gasteiger charge is -2.20. The van der Waals surface area contributed by atoms with E-state index in [1.54, 1.807) is 19.9 Å². The summed E-state index contributed by atoms with van der Waals surface area (Å²) in [5.74, 6) is -1.29. The van der Waals surface area contributed by atoms with Crippen molar-refractivity contribution in [3.05, 3.63) is 53.7 Å². The van der Waals surface area contributed by atoms with Crippen LogP contribution < -0.4 is 10.1 Å². The van der Waals surface area contributed by atoms with Crippen LogP contribution in [0.4, 0.5) is 4.39 Å². The topological polar surface area (TPSA) is 77.8 Å². The molecule has 1 heterocycles. The number of nitrogens with one attached hydrogen (secondary N) is 1. The van der Waals surface area contributed by atoms with E-state index in [1.165, 1.54) is 37.6 Å². The number of carbonyl (C=O) groups is 2. The predicted molar refractivity (Wildman–Crippen MR) is 87.5 cm³/mol. The second-order valence-electron chi connectivity index (χ2n) is 5.74. The molecule has 25 heavy (non-hydrogen) atoms. The van der Waals surface area contributed by atoms with E-state index in [0.29, 0.717) is 11.3 Å². The van der Waals surface area contributed by atoms with Gasteiger partial charge in [0.25, 0.3) is 5.91 Å². The van der Waals surface area contributed by atoms with Crippen molar-refractivity contribution in [1.82, 2.24) is 5.32 Å². The Hall–Kier alpha value is -2.83. The highest BCUT2D eigenvalue weighted by Crippen LogP contribution is 2.20. The highest BCUT2D eigenvalue weighted by Gasteiger charge is 2.27. The third-order valence-electron chi connectivity index (χ3n) is 3.56. The fourth-order valence-corrected chi connectivity index (χ4v) is 2.22. The van der Waals surface area contributed by atoms with E-state index in [1.807, 2.05) is 0 Å². The Labute approximate surface area is 144 Å². The number of rotatable bonds is 7. The lowest BCUT2D eigenvalue weighted by molar-refractivity contribution is -0.148. The van der Waals surface area contributed by atoms with Crippen molar-refractivity contribution in [3.63, 3.8) is 0 Å². The molecule has 0 saturated carbocycles. The Morgan fingerprint density at radius 3 is 2.64 bits per heavy atom. The molecule has 1 amide bonds. The molecule has 0 bridgehead atoms. The minimum absolute atomic E-state index is 0.102. The number of benzene rings is 1.